The molecule has 0 aromatic heterocycles. The van der Waals surface area contributed by atoms with Gasteiger partial charge in [-0.1, -0.05) is 6.92 Å². The van der Waals surface area contributed by atoms with Gasteiger partial charge in [0.2, 0.25) is 5.75 Å². The minimum atomic E-state index is -3.97. The first-order valence-electron chi connectivity index (χ1n) is 12.8. The van der Waals surface area contributed by atoms with Gasteiger partial charge >= 0.3 is 0 Å². The maximum Gasteiger partial charge on any atom is 0.203 e. The number of methoxy groups -OCH3 is 3. The van der Waals surface area contributed by atoms with Crippen LogP contribution in [-0.4, -0.2) is 65.7 Å². The van der Waals surface area contributed by atoms with E-state index < -0.39 is 27.8 Å². The van der Waals surface area contributed by atoms with Gasteiger partial charge in [0, 0.05) is 0 Å². The molecular weight excluding hydrogens is 528 g/mol. The Morgan fingerprint density at radius 2 is 1.51 bits per heavy atom. The molecule has 0 aliphatic carbocycles. The highest BCUT2D eigenvalue weighted by molar-refractivity contribution is 7.91. The third-order valence-electron chi connectivity index (χ3n) is 6.17. The zero-order valence-corrected chi connectivity index (χ0v) is 24.1. The number of aliphatic hydroxyl groups excluding tert-OH is 1. The first-order chi connectivity index (χ1) is 18.5. The molecule has 1 unspecified atom stereocenters. The quantitative estimate of drug-likeness (QED) is 0.355. The molecule has 3 atom stereocenters. The van der Waals surface area contributed by atoms with Gasteiger partial charge in [0.05, 0.1) is 52.0 Å². The molecule has 1 aliphatic rings. The van der Waals surface area contributed by atoms with Gasteiger partial charge in [0.15, 0.2) is 38.6 Å². The molecule has 1 fully saturated rings. The molecular formula is C28H38O10S. The first kappa shape index (κ1) is 30.5. The number of ether oxygens (including phenoxy) is 6. The molecule has 11 heteroatoms. The van der Waals surface area contributed by atoms with Gasteiger partial charge < -0.3 is 33.5 Å². The lowest BCUT2D eigenvalue weighted by Gasteiger charge is -2.21. The summed E-state index contributed by atoms with van der Waals surface area (Å²) in [4.78, 5) is 11.6. The molecule has 216 valence electrons. The summed E-state index contributed by atoms with van der Waals surface area (Å²) >= 11 is 0. The highest BCUT2D eigenvalue weighted by Gasteiger charge is 2.33. The topological polar surface area (TPSA) is 127 Å². The molecule has 10 nitrogen and oxygen atoms in total. The summed E-state index contributed by atoms with van der Waals surface area (Å²) in [6, 6.07) is 6.84. The van der Waals surface area contributed by atoms with Crippen molar-refractivity contribution in [3.63, 3.8) is 0 Å². The van der Waals surface area contributed by atoms with Crippen LogP contribution < -0.4 is 23.7 Å². The van der Waals surface area contributed by atoms with Gasteiger partial charge in [0.25, 0.3) is 0 Å². The number of aliphatic hydroxyl groups is 1. The summed E-state index contributed by atoms with van der Waals surface area (Å²) in [5.41, 5.74) is 1.39. The Morgan fingerprint density at radius 1 is 0.949 bits per heavy atom. The summed E-state index contributed by atoms with van der Waals surface area (Å²) in [6.45, 7) is 4.68. The molecule has 3 rings (SSSR count). The van der Waals surface area contributed by atoms with Crippen LogP contribution in [0.15, 0.2) is 29.2 Å². The molecule has 1 N–H and O–H groups in total. The maximum absolute atomic E-state index is 13.3. The lowest BCUT2D eigenvalue weighted by atomic mass is 10.0. The van der Waals surface area contributed by atoms with E-state index in [1.165, 1.54) is 27.0 Å². The van der Waals surface area contributed by atoms with E-state index in [1.807, 2.05) is 19.1 Å². The number of carbonyl (C=O) groups excluding carboxylic acids is 1. The molecule has 0 spiro atoms. The Hall–Kier alpha value is -3.02. The van der Waals surface area contributed by atoms with Crippen molar-refractivity contribution >= 4 is 15.6 Å². The number of sulfone groups is 1. The number of hydrogen-bond donors (Lipinski definition) is 1. The zero-order chi connectivity index (χ0) is 28.7. The van der Waals surface area contributed by atoms with Gasteiger partial charge in [-0.25, -0.2) is 8.42 Å². The lowest BCUT2D eigenvalue weighted by Crippen LogP contribution is -2.20. The fourth-order valence-electron chi connectivity index (χ4n) is 4.47. The second-order valence-electron chi connectivity index (χ2n) is 9.47. The van der Waals surface area contributed by atoms with E-state index in [1.54, 1.807) is 20.3 Å². The van der Waals surface area contributed by atoms with E-state index in [0.29, 0.717) is 42.1 Å². The minimum absolute atomic E-state index is 0.0293. The molecule has 1 heterocycles. The van der Waals surface area contributed by atoms with Crippen LogP contribution in [0.5, 0.6) is 28.7 Å². The number of hydrogen-bond acceptors (Lipinski definition) is 10. The third kappa shape index (κ3) is 7.34. The van der Waals surface area contributed by atoms with Crippen molar-refractivity contribution in [2.75, 3.05) is 40.3 Å². The SMILES string of the molecule is CCCOc1c(OCC(C)=O)cc([C@@H]2CC[C@@H](c3cc(OC)c(OC)c(OC)c3)O2)cc1S(=O)(=O)CC(C)O. The maximum atomic E-state index is 13.3. The molecule has 2 aromatic rings. The Bertz CT molecular complexity index is 1230. The van der Waals surface area contributed by atoms with Crippen LogP contribution in [0.25, 0.3) is 0 Å². The normalized spacial score (nSPS) is 17.9. The van der Waals surface area contributed by atoms with Crippen molar-refractivity contribution in [1.29, 1.82) is 0 Å². The summed E-state index contributed by atoms with van der Waals surface area (Å²) in [7, 11) is 0.647. The van der Waals surface area contributed by atoms with Gasteiger partial charge in [0.1, 0.15) is 11.5 Å². The Labute approximate surface area is 230 Å². The van der Waals surface area contributed by atoms with E-state index in [0.717, 1.165) is 5.56 Å². The number of benzene rings is 2. The monoisotopic (exact) mass is 566 g/mol. The van der Waals surface area contributed by atoms with Crippen LogP contribution in [0, 0.1) is 0 Å². The van der Waals surface area contributed by atoms with Crippen LogP contribution in [0.1, 0.15) is 63.4 Å². The highest BCUT2D eigenvalue weighted by atomic mass is 32.2. The Kier molecular flexibility index (Phi) is 10.5. The van der Waals surface area contributed by atoms with E-state index in [4.69, 9.17) is 28.4 Å². The predicted molar refractivity (Wildman–Crippen MR) is 144 cm³/mol. The van der Waals surface area contributed by atoms with E-state index in [9.17, 15) is 18.3 Å². The Morgan fingerprint density at radius 3 is 2.00 bits per heavy atom. The minimum Gasteiger partial charge on any atom is -0.493 e. The van der Waals surface area contributed by atoms with Crippen LogP contribution in [0.3, 0.4) is 0 Å². The van der Waals surface area contributed by atoms with Gasteiger partial charge in [-0.2, -0.15) is 0 Å². The number of rotatable bonds is 14. The molecule has 1 saturated heterocycles. The molecule has 0 amide bonds. The van der Waals surface area contributed by atoms with Crippen molar-refractivity contribution < 1.29 is 46.7 Å². The third-order valence-corrected chi connectivity index (χ3v) is 8.07. The number of ketones is 1. The molecule has 39 heavy (non-hydrogen) atoms. The van der Waals surface area contributed by atoms with E-state index >= 15 is 0 Å². The molecule has 2 aromatic carbocycles. The largest absolute Gasteiger partial charge is 0.493 e. The van der Waals surface area contributed by atoms with Crippen molar-refractivity contribution in [1.82, 2.24) is 0 Å². The van der Waals surface area contributed by atoms with Gasteiger partial charge in [-0.15, -0.1) is 0 Å². The zero-order valence-electron chi connectivity index (χ0n) is 23.3. The summed E-state index contributed by atoms with van der Waals surface area (Å²) in [6.07, 6.45) is 0.00106. The van der Waals surface area contributed by atoms with Crippen LogP contribution in [0.2, 0.25) is 0 Å². The van der Waals surface area contributed by atoms with Crippen molar-refractivity contribution in [2.24, 2.45) is 0 Å². The lowest BCUT2D eigenvalue weighted by molar-refractivity contribution is -0.118. The van der Waals surface area contributed by atoms with E-state index in [-0.39, 0.29) is 41.5 Å². The summed E-state index contributed by atoms with van der Waals surface area (Å²) in [5.74, 6) is 0.924. The smallest absolute Gasteiger partial charge is 0.203 e. The van der Waals surface area contributed by atoms with Gasteiger partial charge in [-0.3, -0.25) is 4.79 Å². The predicted octanol–water partition coefficient (Wildman–Crippen LogP) is 4.22. The molecule has 0 radical (unpaired) electrons. The summed E-state index contributed by atoms with van der Waals surface area (Å²) < 4.78 is 61.0. The van der Waals surface area contributed by atoms with Crippen LogP contribution >= 0.6 is 0 Å². The van der Waals surface area contributed by atoms with Crippen LogP contribution in [-0.2, 0) is 19.4 Å². The van der Waals surface area contributed by atoms with Gasteiger partial charge in [-0.05, 0) is 68.5 Å². The molecule has 0 saturated carbocycles. The first-order valence-corrected chi connectivity index (χ1v) is 14.5. The second kappa shape index (κ2) is 13.4. The van der Waals surface area contributed by atoms with Crippen LogP contribution in [0.4, 0.5) is 0 Å². The fraction of sp³-hybridized carbons (Fsp3) is 0.536. The van der Waals surface area contributed by atoms with Crippen molar-refractivity contribution in [3.8, 4) is 28.7 Å². The Balaban J connectivity index is 2.05. The van der Waals surface area contributed by atoms with E-state index in [2.05, 4.69) is 0 Å². The average molecular weight is 567 g/mol. The standard InChI is InChI=1S/C28H38O10S/c1-7-10-36-28-25(37-15-17(2)29)13-20(14-26(28)39(31,32)16-18(3)30)22-9-8-21(38-22)19-11-23(33-4)27(35-6)24(12-19)34-5/h11-14,18,21-22,30H,7-10,15-16H2,1-6H3/t18?,21-,22-/m0/s1. The fourth-order valence-corrected chi connectivity index (χ4v) is 6.04. The number of carbonyl (C=O) groups is 1. The summed E-state index contributed by atoms with van der Waals surface area (Å²) in [5, 5.41) is 9.88. The average Bonchev–Trinajstić information content (AvgIpc) is 3.39. The van der Waals surface area contributed by atoms with Crippen molar-refractivity contribution in [3.05, 3.63) is 35.4 Å². The second-order valence-corrected chi connectivity index (χ2v) is 11.5. The number of Topliss-reactive ketones (excluding diaryl/α,β-unsaturated/α-hetero) is 1. The molecule has 1 aliphatic heterocycles. The van der Waals surface area contributed by atoms with Crippen molar-refractivity contribution in [2.45, 2.75) is 63.2 Å². The highest BCUT2D eigenvalue weighted by Crippen LogP contribution is 2.48. The molecule has 0 bridgehead atoms.